The van der Waals surface area contributed by atoms with Crippen molar-refractivity contribution in [2.75, 3.05) is 26.5 Å². The number of ether oxygens (including phenoxy) is 1. The van der Waals surface area contributed by atoms with Crippen LogP contribution in [0.15, 0.2) is 28.1 Å². The van der Waals surface area contributed by atoms with Gasteiger partial charge in [-0.25, -0.2) is 8.42 Å². The predicted molar refractivity (Wildman–Crippen MR) is 135 cm³/mol. The summed E-state index contributed by atoms with van der Waals surface area (Å²) in [5, 5.41) is 6.60. The van der Waals surface area contributed by atoms with E-state index in [9.17, 15) is 8.42 Å². The minimum absolute atomic E-state index is 0. The largest absolute Gasteiger partial charge is 0.378 e. The molecule has 2 rings (SSSR count). The summed E-state index contributed by atoms with van der Waals surface area (Å²) in [7, 11) is -1.43. The molecule has 0 saturated heterocycles. The first-order chi connectivity index (χ1) is 13.9. The molecule has 2 N–H and O–H groups in total. The summed E-state index contributed by atoms with van der Waals surface area (Å²) in [6, 6.07) is 5.42. The van der Waals surface area contributed by atoms with E-state index in [4.69, 9.17) is 4.74 Å². The molecule has 1 fully saturated rings. The van der Waals surface area contributed by atoms with Crippen LogP contribution in [0.3, 0.4) is 0 Å². The molecule has 1 aliphatic carbocycles. The van der Waals surface area contributed by atoms with E-state index in [2.05, 4.69) is 15.6 Å². The zero-order valence-corrected chi connectivity index (χ0v) is 21.7. The van der Waals surface area contributed by atoms with Gasteiger partial charge < -0.3 is 15.4 Å². The lowest BCUT2D eigenvalue weighted by atomic mass is 10.1. The second kappa shape index (κ2) is 14.2. The van der Waals surface area contributed by atoms with Crippen molar-refractivity contribution in [1.29, 1.82) is 0 Å². The minimum Gasteiger partial charge on any atom is -0.378 e. The molecule has 0 heterocycles. The van der Waals surface area contributed by atoms with Gasteiger partial charge in [0.2, 0.25) is 0 Å². The summed E-state index contributed by atoms with van der Waals surface area (Å²) in [4.78, 5) is 4.64. The molecule has 0 spiro atoms. The molecule has 8 heteroatoms. The minimum atomic E-state index is -3.18. The maximum atomic E-state index is 11.7. The van der Waals surface area contributed by atoms with E-state index in [0.717, 1.165) is 43.1 Å². The second-order valence-electron chi connectivity index (χ2n) is 7.92. The molecule has 1 aliphatic rings. The van der Waals surface area contributed by atoms with Crippen LogP contribution in [0.25, 0.3) is 0 Å². The molecule has 1 aromatic carbocycles. The highest BCUT2D eigenvalue weighted by Crippen LogP contribution is 2.20. The predicted octanol–water partition coefficient (Wildman–Crippen LogP) is 4.20. The van der Waals surface area contributed by atoms with Crippen molar-refractivity contribution in [3.8, 4) is 0 Å². The zero-order chi connectivity index (χ0) is 21.1. The lowest BCUT2D eigenvalue weighted by Gasteiger charge is -2.16. The average Bonchev–Trinajstić information content (AvgIpc) is 2.94. The Kier molecular flexibility index (Phi) is 12.9. The number of unbranched alkanes of at least 4 members (excludes halogenated alkanes) is 1. The fourth-order valence-electron chi connectivity index (χ4n) is 3.74. The molecule has 1 saturated carbocycles. The number of halogens is 1. The van der Waals surface area contributed by atoms with Gasteiger partial charge in [-0.05, 0) is 49.8 Å². The van der Waals surface area contributed by atoms with Crippen LogP contribution in [0, 0.1) is 6.92 Å². The molecule has 6 nitrogen and oxygen atoms in total. The van der Waals surface area contributed by atoms with Crippen molar-refractivity contribution in [3.05, 3.63) is 29.3 Å². The molecule has 0 atom stereocenters. The van der Waals surface area contributed by atoms with Gasteiger partial charge in [-0.1, -0.05) is 37.8 Å². The summed E-state index contributed by atoms with van der Waals surface area (Å²) in [6.45, 7) is 4.10. The van der Waals surface area contributed by atoms with Gasteiger partial charge >= 0.3 is 0 Å². The summed E-state index contributed by atoms with van der Waals surface area (Å²) < 4.78 is 29.5. The maximum Gasteiger partial charge on any atom is 0.191 e. The van der Waals surface area contributed by atoms with Crippen LogP contribution in [0.5, 0.6) is 0 Å². The number of hydrogen-bond donors (Lipinski definition) is 2. The third kappa shape index (κ3) is 9.96. The molecule has 172 valence electrons. The summed E-state index contributed by atoms with van der Waals surface area (Å²) >= 11 is 0. The van der Waals surface area contributed by atoms with Gasteiger partial charge in [0.25, 0.3) is 0 Å². The molecule has 0 aromatic heterocycles. The van der Waals surface area contributed by atoms with E-state index in [1.54, 1.807) is 13.1 Å². The van der Waals surface area contributed by atoms with Crippen LogP contribution < -0.4 is 10.6 Å². The summed E-state index contributed by atoms with van der Waals surface area (Å²) in [5.74, 6) is 0.750. The van der Waals surface area contributed by atoms with Gasteiger partial charge in [-0.2, -0.15) is 0 Å². The highest BCUT2D eigenvalue weighted by molar-refractivity contribution is 14.0. The van der Waals surface area contributed by atoms with E-state index >= 15 is 0 Å². The van der Waals surface area contributed by atoms with E-state index in [1.807, 2.05) is 19.1 Å². The van der Waals surface area contributed by atoms with Gasteiger partial charge in [0.1, 0.15) is 0 Å². The van der Waals surface area contributed by atoms with Crippen molar-refractivity contribution in [3.63, 3.8) is 0 Å². The Bertz CT molecular complexity index is 761. The van der Waals surface area contributed by atoms with Crippen LogP contribution in [-0.4, -0.2) is 46.9 Å². The van der Waals surface area contributed by atoms with Crippen molar-refractivity contribution >= 4 is 39.8 Å². The van der Waals surface area contributed by atoms with Crippen LogP contribution >= 0.6 is 24.0 Å². The van der Waals surface area contributed by atoms with Crippen molar-refractivity contribution in [2.24, 2.45) is 4.99 Å². The summed E-state index contributed by atoms with van der Waals surface area (Å²) in [5.41, 5.74) is 1.79. The molecule has 0 bridgehead atoms. The lowest BCUT2D eigenvalue weighted by Crippen LogP contribution is -2.37. The number of nitrogens with zero attached hydrogens (tertiary/aromatic N) is 1. The number of guanidine groups is 1. The quantitative estimate of drug-likeness (QED) is 0.158. The van der Waals surface area contributed by atoms with Gasteiger partial charge in [0, 0.05) is 33.0 Å². The van der Waals surface area contributed by atoms with Gasteiger partial charge in [0.15, 0.2) is 15.8 Å². The fourth-order valence-corrected chi connectivity index (χ4v) is 4.70. The summed E-state index contributed by atoms with van der Waals surface area (Å²) in [6.07, 6.45) is 11.6. The molecule has 1 aromatic rings. The lowest BCUT2D eigenvalue weighted by molar-refractivity contribution is 0.0411. The van der Waals surface area contributed by atoms with Gasteiger partial charge in [-0.15, -0.1) is 24.0 Å². The molecule has 0 radical (unpaired) electrons. The number of aliphatic imine (C=N–C) groups is 1. The molecule has 30 heavy (non-hydrogen) atoms. The Balaban J connectivity index is 0.00000450. The van der Waals surface area contributed by atoms with Gasteiger partial charge in [-0.3, -0.25) is 4.99 Å². The standard InChI is InChI=1S/C22H37N3O3S.HI/c1-18-16-19(12-13-21(18)29(3,26)27)17-25-22(23-2)24-14-8-9-15-28-20-10-6-4-5-7-11-20;/h12-13,16,20H,4-11,14-15,17H2,1-3H3,(H2,23,24,25);1H. The highest BCUT2D eigenvalue weighted by Gasteiger charge is 2.12. The molecule has 0 unspecified atom stereocenters. The zero-order valence-electron chi connectivity index (χ0n) is 18.6. The maximum absolute atomic E-state index is 11.7. The van der Waals surface area contributed by atoms with Crippen LogP contribution in [0.1, 0.15) is 62.5 Å². The van der Waals surface area contributed by atoms with Crippen molar-refractivity contribution < 1.29 is 13.2 Å². The first kappa shape index (κ1) is 27.2. The number of sulfone groups is 1. The molecular weight excluding hydrogens is 513 g/mol. The third-order valence-electron chi connectivity index (χ3n) is 5.34. The number of aryl methyl sites for hydroxylation is 1. The van der Waals surface area contributed by atoms with E-state index in [-0.39, 0.29) is 24.0 Å². The fraction of sp³-hybridized carbons (Fsp3) is 0.682. The first-order valence-corrected chi connectivity index (χ1v) is 12.6. The molecule has 0 amide bonds. The Hall–Kier alpha value is -0.870. The topological polar surface area (TPSA) is 79.8 Å². The third-order valence-corrected chi connectivity index (χ3v) is 6.60. The molecule has 0 aliphatic heterocycles. The van der Waals surface area contributed by atoms with Crippen LogP contribution in [-0.2, 0) is 21.1 Å². The van der Waals surface area contributed by atoms with Gasteiger partial charge in [0.05, 0.1) is 11.0 Å². The van der Waals surface area contributed by atoms with Crippen LogP contribution in [0.4, 0.5) is 0 Å². The first-order valence-electron chi connectivity index (χ1n) is 10.8. The highest BCUT2D eigenvalue weighted by atomic mass is 127. The Morgan fingerprint density at radius 3 is 2.43 bits per heavy atom. The van der Waals surface area contributed by atoms with Crippen molar-refractivity contribution in [2.45, 2.75) is 75.8 Å². The second-order valence-corrected chi connectivity index (χ2v) is 9.90. The van der Waals surface area contributed by atoms with E-state index < -0.39 is 9.84 Å². The number of hydrogen-bond acceptors (Lipinski definition) is 4. The van der Waals surface area contributed by atoms with E-state index in [0.29, 0.717) is 17.5 Å². The normalized spacial score (nSPS) is 15.9. The van der Waals surface area contributed by atoms with Crippen LogP contribution in [0.2, 0.25) is 0 Å². The monoisotopic (exact) mass is 551 g/mol. The Morgan fingerprint density at radius 1 is 1.13 bits per heavy atom. The number of nitrogens with one attached hydrogen (secondary N) is 2. The Labute approximate surface area is 199 Å². The SMILES string of the molecule is CN=C(NCCCCOC1CCCCCC1)NCc1ccc(S(C)(=O)=O)c(C)c1.I. The molecular formula is C22H38IN3O3S. The van der Waals surface area contributed by atoms with E-state index in [1.165, 1.54) is 44.8 Å². The van der Waals surface area contributed by atoms with Crippen molar-refractivity contribution in [1.82, 2.24) is 10.6 Å². The number of rotatable bonds is 9. The Morgan fingerprint density at radius 2 is 1.83 bits per heavy atom. The smallest absolute Gasteiger partial charge is 0.191 e. The number of benzene rings is 1. The average molecular weight is 552 g/mol.